The number of anilines is 1. The summed E-state index contributed by atoms with van der Waals surface area (Å²) in [6.45, 7) is -0.639. The van der Waals surface area contributed by atoms with Gasteiger partial charge in [0, 0.05) is 13.1 Å². The van der Waals surface area contributed by atoms with Crippen molar-refractivity contribution < 1.29 is 40.7 Å². The number of carbonyl (C=O) groups is 2. The molecule has 2 heterocycles. The Morgan fingerprint density at radius 3 is 2.56 bits per heavy atom. The maximum atomic E-state index is 12.8. The van der Waals surface area contributed by atoms with Crippen LogP contribution in [0, 0.1) is 0 Å². The second kappa shape index (κ2) is 6.03. The molecule has 1 aliphatic rings. The van der Waals surface area contributed by atoms with Crippen LogP contribution in [0.4, 0.5) is 32.0 Å². The largest absolute Gasteiger partial charge is 0.489 e. The van der Waals surface area contributed by atoms with Gasteiger partial charge < -0.3 is 19.9 Å². The Morgan fingerprint density at radius 1 is 1.30 bits per heavy atom. The lowest BCUT2D eigenvalue weighted by Crippen LogP contribution is -2.52. The summed E-state index contributed by atoms with van der Waals surface area (Å²) in [5, 5.41) is 1.53. The highest BCUT2D eigenvalue weighted by atomic mass is 19.4. The van der Waals surface area contributed by atoms with Crippen molar-refractivity contribution >= 4 is 28.5 Å². The van der Waals surface area contributed by atoms with Gasteiger partial charge in [-0.3, -0.25) is 9.59 Å². The summed E-state index contributed by atoms with van der Waals surface area (Å²) in [6.07, 6.45) is -9.90. The number of aromatic amines is 1. The molecule has 0 bridgehead atoms. The van der Waals surface area contributed by atoms with E-state index >= 15 is 0 Å². The molecule has 1 aromatic heterocycles. The number of likely N-dealkylation sites (N-methyl/N-ethyl adjacent to an activating group) is 1. The Bertz CT molecular complexity index is 920. The number of hydrogen-bond acceptors (Lipinski definition) is 4. The van der Waals surface area contributed by atoms with E-state index in [-0.39, 0.29) is 22.5 Å². The monoisotopic (exact) mass is 396 g/mol. The number of rotatable bonds is 1. The molecule has 0 aliphatic carbocycles. The third kappa shape index (κ3) is 3.48. The van der Waals surface area contributed by atoms with Gasteiger partial charge in [0.15, 0.2) is 0 Å². The molecule has 0 radical (unpaired) electrons. The molecule has 2 aromatic rings. The van der Waals surface area contributed by atoms with E-state index in [4.69, 9.17) is 4.74 Å². The minimum absolute atomic E-state index is 0.00799. The van der Waals surface area contributed by atoms with E-state index < -0.39 is 42.6 Å². The van der Waals surface area contributed by atoms with Crippen molar-refractivity contribution in [1.29, 1.82) is 0 Å². The number of hydrogen-bond donors (Lipinski definition) is 2. The molecule has 1 aromatic carbocycles. The smallest absolute Gasteiger partial charge is 0.471 e. The normalized spacial score (nSPS) is 18.1. The number of nitrogens with one attached hydrogen (secondary N) is 2. The van der Waals surface area contributed by atoms with Crippen LogP contribution in [0.2, 0.25) is 0 Å². The van der Waals surface area contributed by atoms with Crippen LogP contribution in [0.25, 0.3) is 11.0 Å². The SMILES string of the molecule is CN1C(=O)[C@@H](NC(=O)C(F)(F)F)COc2cc3nc(C(F)(F)F)[nH]c3cc21. The highest BCUT2D eigenvalue weighted by molar-refractivity contribution is 6.02. The highest BCUT2D eigenvalue weighted by Crippen LogP contribution is 2.36. The molecule has 13 heteroatoms. The number of H-pyrrole nitrogens is 1. The topological polar surface area (TPSA) is 87.3 Å². The zero-order valence-corrected chi connectivity index (χ0v) is 13.3. The van der Waals surface area contributed by atoms with Crippen LogP contribution in [-0.2, 0) is 15.8 Å². The van der Waals surface area contributed by atoms with E-state index in [2.05, 4.69) is 9.97 Å². The quantitative estimate of drug-likeness (QED) is 0.722. The molecular formula is C14H10F6N4O3. The second-order valence-corrected chi connectivity index (χ2v) is 5.65. The van der Waals surface area contributed by atoms with Crippen molar-refractivity contribution in [3.05, 3.63) is 18.0 Å². The lowest BCUT2D eigenvalue weighted by Gasteiger charge is -2.20. The van der Waals surface area contributed by atoms with Crippen LogP contribution >= 0.6 is 0 Å². The van der Waals surface area contributed by atoms with Gasteiger partial charge in [-0.05, 0) is 6.07 Å². The zero-order chi connectivity index (χ0) is 20.1. The Hall–Kier alpha value is -2.99. The number of nitrogens with zero attached hydrogens (tertiary/aromatic N) is 2. The van der Waals surface area contributed by atoms with Crippen molar-refractivity contribution in [1.82, 2.24) is 15.3 Å². The number of alkyl halides is 6. The molecule has 3 rings (SSSR count). The third-order valence-electron chi connectivity index (χ3n) is 3.79. The first-order chi connectivity index (χ1) is 12.4. The van der Waals surface area contributed by atoms with Gasteiger partial charge in [0.1, 0.15) is 18.4 Å². The van der Waals surface area contributed by atoms with Crippen LogP contribution in [0.5, 0.6) is 5.75 Å². The molecular weight excluding hydrogens is 386 g/mol. The molecule has 0 spiro atoms. The minimum Gasteiger partial charge on any atom is -0.489 e. The Balaban J connectivity index is 1.94. The Morgan fingerprint density at radius 2 is 1.96 bits per heavy atom. The van der Waals surface area contributed by atoms with E-state index in [0.29, 0.717) is 0 Å². The van der Waals surface area contributed by atoms with E-state index in [1.807, 2.05) is 0 Å². The standard InChI is InChI=1S/C14H10F6N4O3/c1-24-8-2-5-6(22-11(21-5)13(15,16)17)3-9(8)27-4-7(10(24)25)23-12(26)14(18,19)20/h2-3,7H,4H2,1H3,(H,21,22)(H,23,26)/t7-/m0/s1. The van der Waals surface area contributed by atoms with Crippen molar-refractivity contribution in [2.45, 2.75) is 18.4 Å². The van der Waals surface area contributed by atoms with Crippen molar-refractivity contribution in [2.24, 2.45) is 0 Å². The first kappa shape index (κ1) is 18.8. The van der Waals surface area contributed by atoms with Gasteiger partial charge in [0.25, 0.3) is 5.91 Å². The number of carbonyl (C=O) groups excluding carboxylic acids is 2. The van der Waals surface area contributed by atoms with Gasteiger partial charge in [0.05, 0.1) is 16.7 Å². The van der Waals surface area contributed by atoms with Crippen molar-refractivity contribution in [3.63, 3.8) is 0 Å². The number of imidazole rings is 1. The maximum Gasteiger partial charge on any atom is 0.471 e. The van der Waals surface area contributed by atoms with E-state index in [9.17, 15) is 35.9 Å². The van der Waals surface area contributed by atoms with E-state index in [1.54, 1.807) is 0 Å². The molecule has 2 amide bonds. The molecule has 146 valence electrons. The van der Waals surface area contributed by atoms with Crippen LogP contribution in [0.1, 0.15) is 5.82 Å². The summed E-state index contributed by atoms with van der Waals surface area (Å²) in [7, 11) is 1.19. The molecule has 7 nitrogen and oxygen atoms in total. The summed E-state index contributed by atoms with van der Waals surface area (Å²) in [4.78, 5) is 29.7. The van der Waals surface area contributed by atoms with Gasteiger partial charge in [-0.15, -0.1) is 0 Å². The number of benzene rings is 1. The lowest BCUT2D eigenvalue weighted by molar-refractivity contribution is -0.174. The molecule has 1 atom stereocenters. The first-order valence-electron chi connectivity index (χ1n) is 7.27. The van der Waals surface area contributed by atoms with Crippen LogP contribution in [0.3, 0.4) is 0 Å². The molecule has 0 saturated carbocycles. The lowest BCUT2D eigenvalue weighted by atomic mass is 10.2. The van der Waals surface area contributed by atoms with Gasteiger partial charge in [-0.25, -0.2) is 4.98 Å². The number of aromatic nitrogens is 2. The number of halogens is 6. The third-order valence-corrected chi connectivity index (χ3v) is 3.79. The van der Waals surface area contributed by atoms with E-state index in [1.165, 1.54) is 12.4 Å². The summed E-state index contributed by atoms with van der Waals surface area (Å²) >= 11 is 0. The fourth-order valence-electron chi connectivity index (χ4n) is 2.48. The Kier molecular flexibility index (Phi) is 4.19. The first-order valence-corrected chi connectivity index (χ1v) is 7.27. The van der Waals surface area contributed by atoms with Gasteiger partial charge in [0.2, 0.25) is 5.82 Å². The van der Waals surface area contributed by atoms with Crippen LogP contribution in [0.15, 0.2) is 12.1 Å². The number of amides is 2. The minimum atomic E-state index is -5.19. The van der Waals surface area contributed by atoms with E-state index in [0.717, 1.165) is 17.0 Å². The van der Waals surface area contributed by atoms with Gasteiger partial charge >= 0.3 is 18.3 Å². The van der Waals surface area contributed by atoms with Crippen LogP contribution < -0.4 is 15.0 Å². The number of ether oxygens (including phenoxy) is 1. The zero-order valence-electron chi connectivity index (χ0n) is 13.3. The summed E-state index contributed by atoms with van der Waals surface area (Å²) in [6, 6.07) is 0.640. The predicted molar refractivity (Wildman–Crippen MR) is 78.0 cm³/mol. The predicted octanol–water partition coefficient (Wildman–Crippen LogP) is 1.98. The highest BCUT2D eigenvalue weighted by Gasteiger charge is 2.42. The summed E-state index contributed by atoms with van der Waals surface area (Å²) in [5.41, 5.74) is -0.157. The van der Waals surface area contributed by atoms with Gasteiger partial charge in [-0.1, -0.05) is 0 Å². The summed E-state index contributed by atoms with van der Waals surface area (Å²) in [5.74, 6) is -4.56. The van der Waals surface area contributed by atoms with Gasteiger partial charge in [-0.2, -0.15) is 26.3 Å². The average Bonchev–Trinajstić information content (AvgIpc) is 2.94. The van der Waals surface area contributed by atoms with Crippen molar-refractivity contribution in [3.8, 4) is 5.75 Å². The maximum absolute atomic E-state index is 12.8. The fraction of sp³-hybridized carbons (Fsp3) is 0.357. The average molecular weight is 396 g/mol. The molecule has 0 fully saturated rings. The molecule has 1 aliphatic heterocycles. The summed E-state index contributed by atoms with van der Waals surface area (Å²) < 4.78 is 80.7. The molecule has 0 saturated heterocycles. The van der Waals surface area contributed by atoms with Crippen LogP contribution in [-0.4, -0.2) is 47.7 Å². The Labute approximate surface area is 146 Å². The second-order valence-electron chi connectivity index (χ2n) is 5.65. The fourth-order valence-corrected chi connectivity index (χ4v) is 2.48. The molecule has 27 heavy (non-hydrogen) atoms. The molecule has 2 N–H and O–H groups in total. The van der Waals surface area contributed by atoms with Crippen molar-refractivity contribution in [2.75, 3.05) is 18.6 Å². The molecule has 0 unspecified atom stereocenters. The number of fused-ring (bicyclic) bond motifs is 2.